The summed E-state index contributed by atoms with van der Waals surface area (Å²) in [6.45, 7) is 1.73. The van der Waals surface area contributed by atoms with Gasteiger partial charge in [0.15, 0.2) is 0 Å². The van der Waals surface area contributed by atoms with E-state index in [1.165, 1.54) is 18.2 Å². The highest BCUT2D eigenvalue weighted by atomic mass is 79.9. The van der Waals surface area contributed by atoms with E-state index < -0.39 is 10.0 Å². The van der Waals surface area contributed by atoms with Gasteiger partial charge in [-0.25, -0.2) is 13.6 Å². The van der Waals surface area contributed by atoms with Gasteiger partial charge in [0.2, 0.25) is 15.9 Å². The van der Waals surface area contributed by atoms with E-state index in [9.17, 15) is 13.2 Å². The smallest absolute Gasteiger partial charge is 0.239 e. The van der Waals surface area contributed by atoms with Crippen molar-refractivity contribution < 1.29 is 13.2 Å². The van der Waals surface area contributed by atoms with Crippen molar-refractivity contribution in [2.75, 3.05) is 5.32 Å². The number of nitrogens with one attached hydrogen (secondary N) is 1. The van der Waals surface area contributed by atoms with E-state index in [-0.39, 0.29) is 10.8 Å². The van der Waals surface area contributed by atoms with E-state index in [1.807, 2.05) is 0 Å². The number of halogens is 1. The maximum Gasteiger partial charge on any atom is 0.239 e. The molecule has 5 nitrogen and oxygen atoms in total. The summed E-state index contributed by atoms with van der Waals surface area (Å²) in [6, 6.07) is 4.32. The lowest BCUT2D eigenvalue weighted by Gasteiger charge is -2.06. The first-order valence-electron chi connectivity index (χ1n) is 4.46. The number of benzene rings is 1. The third-order valence-corrected chi connectivity index (χ3v) is 3.73. The van der Waals surface area contributed by atoms with Crippen molar-refractivity contribution >= 4 is 37.5 Å². The number of amides is 1. The number of carbonyl (C=O) groups excluding carboxylic acids is 1. The zero-order valence-electron chi connectivity index (χ0n) is 8.53. The summed E-state index contributed by atoms with van der Waals surface area (Å²) in [7, 11) is -3.74. The molecule has 0 atom stereocenters. The van der Waals surface area contributed by atoms with E-state index in [1.54, 1.807) is 6.92 Å². The molecule has 1 amide bonds. The lowest BCUT2D eigenvalue weighted by atomic mass is 10.3. The van der Waals surface area contributed by atoms with E-state index in [0.29, 0.717) is 16.6 Å². The zero-order chi connectivity index (χ0) is 12.3. The third-order valence-electron chi connectivity index (χ3n) is 1.84. The molecule has 0 fully saturated rings. The van der Waals surface area contributed by atoms with Crippen LogP contribution < -0.4 is 10.5 Å². The number of rotatable bonds is 3. The number of anilines is 1. The predicted octanol–water partition coefficient (Wildman–Crippen LogP) is 1.45. The Kier molecular flexibility index (Phi) is 4.06. The van der Waals surface area contributed by atoms with Gasteiger partial charge in [-0.2, -0.15) is 0 Å². The number of primary sulfonamides is 1. The predicted molar refractivity (Wildman–Crippen MR) is 64.4 cm³/mol. The van der Waals surface area contributed by atoms with E-state index in [0.717, 1.165) is 0 Å². The molecule has 0 aliphatic carbocycles. The van der Waals surface area contributed by atoms with Crippen LogP contribution in [0.5, 0.6) is 0 Å². The van der Waals surface area contributed by atoms with Crippen molar-refractivity contribution in [3.05, 3.63) is 22.7 Å². The van der Waals surface area contributed by atoms with Gasteiger partial charge in [0.1, 0.15) is 0 Å². The normalized spacial score (nSPS) is 11.2. The fraction of sp³-hybridized carbons (Fsp3) is 0.222. The number of hydrogen-bond donors (Lipinski definition) is 2. The van der Waals surface area contributed by atoms with Crippen molar-refractivity contribution in [1.29, 1.82) is 0 Å². The summed E-state index contributed by atoms with van der Waals surface area (Å²) in [5.41, 5.74) is 0.520. The van der Waals surface area contributed by atoms with Crippen molar-refractivity contribution in [3.8, 4) is 0 Å². The molecule has 0 aliphatic heterocycles. The summed E-state index contributed by atoms with van der Waals surface area (Å²) < 4.78 is 22.5. The highest BCUT2D eigenvalue weighted by molar-refractivity contribution is 9.10. The molecule has 1 aromatic carbocycles. The van der Waals surface area contributed by atoms with Crippen LogP contribution in [0.3, 0.4) is 0 Å². The van der Waals surface area contributed by atoms with Gasteiger partial charge in [-0.15, -0.1) is 0 Å². The Morgan fingerprint density at radius 2 is 2.12 bits per heavy atom. The minimum atomic E-state index is -3.74. The fourth-order valence-corrected chi connectivity index (χ4v) is 2.70. The van der Waals surface area contributed by atoms with Crippen LogP contribution in [0.15, 0.2) is 27.6 Å². The number of hydrogen-bond acceptors (Lipinski definition) is 3. The van der Waals surface area contributed by atoms with Crippen molar-refractivity contribution in [2.24, 2.45) is 5.14 Å². The summed E-state index contributed by atoms with van der Waals surface area (Å²) in [5.74, 6) is -0.143. The van der Waals surface area contributed by atoms with Gasteiger partial charge < -0.3 is 5.32 Å². The lowest BCUT2D eigenvalue weighted by molar-refractivity contribution is -0.115. The molecule has 0 spiro atoms. The Morgan fingerprint density at radius 3 is 2.56 bits per heavy atom. The standard InChI is InChI=1S/C9H11BrN2O3S/c1-2-9(13)12-6-3-4-8(7(10)5-6)16(11,14)15/h3-5H,2H2,1H3,(H,12,13)(H2,11,14,15). The Balaban J connectivity index is 3.05. The molecule has 0 bridgehead atoms. The zero-order valence-corrected chi connectivity index (χ0v) is 10.9. The molecule has 0 radical (unpaired) electrons. The SMILES string of the molecule is CCC(=O)Nc1ccc(S(N)(=O)=O)c(Br)c1. The quantitative estimate of drug-likeness (QED) is 0.885. The molecule has 88 valence electrons. The summed E-state index contributed by atoms with van der Waals surface area (Å²) in [5, 5.41) is 7.60. The first-order valence-corrected chi connectivity index (χ1v) is 6.80. The molecular formula is C9H11BrN2O3S. The summed E-state index contributed by atoms with van der Waals surface area (Å²) >= 11 is 3.08. The minimum Gasteiger partial charge on any atom is -0.326 e. The van der Waals surface area contributed by atoms with Crippen LogP contribution in [0.25, 0.3) is 0 Å². The van der Waals surface area contributed by atoms with Crippen molar-refractivity contribution in [2.45, 2.75) is 18.2 Å². The molecule has 0 aromatic heterocycles. The van der Waals surface area contributed by atoms with Crippen LogP contribution in [-0.2, 0) is 14.8 Å². The van der Waals surface area contributed by atoms with Crippen LogP contribution in [0.2, 0.25) is 0 Å². The average molecular weight is 307 g/mol. The first kappa shape index (κ1) is 13.1. The largest absolute Gasteiger partial charge is 0.326 e. The molecule has 7 heteroatoms. The van der Waals surface area contributed by atoms with Crippen molar-refractivity contribution in [1.82, 2.24) is 0 Å². The highest BCUT2D eigenvalue weighted by Crippen LogP contribution is 2.24. The van der Waals surface area contributed by atoms with Gasteiger partial charge in [-0.1, -0.05) is 6.92 Å². The van der Waals surface area contributed by atoms with Gasteiger partial charge in [-0.05, 0) is 34.1 Å². The second-order valence-corrected chi connectivity index (χ2v) is 5.48. The second kappa shape index (κ2) is 4.94. The Labute approximate surface area is 102 Å². The van der Waals surface area contributed by atoms with Crippen LogP contribution in [0.4, 0.5) is 5.69 Å². The monoisotopic (exact) mass is 306 g/mol. The van der Waals surface area contributed by atoms with Gasteiger partial charge >= 0.3 is 0 Å². The molecule has 0 saturated carbocycles. The van der Waals surface area contributed by atoms with Gasteiger partial charge in [0.25, 0.3) is 0 Å². The van der Waals surface area contributed by atoms with Crippen LogP contribution >= 0.6 is 15.9 Å². The number of sulfonamides is 1. The number of carbonyl (C=O) groups is 1. The van der Waals surface area contributed by atoms with Crippen LogP contribution in [0, 0.1) is 0 Å². The Morgan fingerprint density at radius 1 is 1.50 bits per heavy atom. The maximum absolute atomic E-state index is 11.1. The van der Waals surface area contributed by atoms with Crippen molar-refractivity contribution in [3.63, 3.8) is 0 Å². The summed E-state index contributed by atoms with van der Waals surface area (Å²) in [4.78, 5) is 11.1. The second-order valence-electron chi connectivity index (χ2n) is 3.09. The van der Waals surface area contributed by atoms with Gasteiger partial charge in [0.05, 0.1) is 4.90 Å². The van der Waals surface area contributed by atoms with E-state index >= 15 is 0 Å². The van der Waals surface area contributed by atoms with E-state index in [2.05, 4.69) is 21.2 Å². The minimum absolute atomic E-state index is 0.0120. The Bertz CT molecular complexity index is 513. The molecule has 3 N–H and O–H groups in total. The number of nitrogens with two attached hydrogens (primary N) is 1. The lowest BCUT2D eigenvalue weighted by Crippen LogP contribution is -2.14. The average Bonchev–Trinajstić information content (AvgIpc) is 2.15. The first-order chi connectivity index (χ1) is 7.34. The molecule has 0 heterocycles. The highest BCUT2D eigenvalue weighted by Gasteiger charge is 2.12. The molecule has 0 aliphatic rings. The van der Waals surface area contributed by atoms with Gasteiger partial charge in [0, 0.05) is 16.6 Å². The van der Waals surface area contributed by atoms with Crippen LogP contribution in [0.1, 0.15) is 13.3 Å². The third kappa shape index (κ3) is 3.29. The molecule has 0 saturated heterocycles. The Hall–Kier alpha value is -0.920. The molecule has 1 rings (SSSR count). The summed E-state index contributed by atoms with van der Waals surface area (Å²) in [6.07, 6.45) is 0.356. The fourth-order valence-electron chi connectivity index (χ4n) is 1.06. The van der Waals surface area contributed by atoms with E-state index in [4.69, 9.17) is 5.14 Å². The maximum atomic E-state index is 11.1. The molecule has 0 unspecified atom stereocenters. The molecule has 1 aromatic rings. The molecule has 16 heavy (non-hydrogen) atoms. The topological polar surface area (TPSA) is 89.3 Å². The van der Waals surface area contributed by atoms with Crippen LogP contribution in [-0.4, -0.2) is 14.3 Å². The van der Waals surface area contributed by atoms with Gasteiger partial charge in [-0.3, -0.25) is 4.79 Å². The molecular weight excluding hydrogens is 296 g/mol.